The van der Waals surface area contributed by atoms with Gasteiger partial charge in [0, 0.05) is 16.7 Å². The summed E-state index contributed by atoms with van der Waals surface area (Å²) in [5.74, 6) is 0.977. The molecule has 0 bridgehead atoms. The molecule has 0 saturated heterocycles. The summed E-state index contributed by atoms with van der Waals surface area (Å²) in [4.78, 5) is 0. The minimum absolute atomic E-state index is 0.633. The third kappa shape index (κ3) is 2.32. The van der Waals surface area contributed by atoms with Crippen molar-refractivity contribution in [2.75, 3.05) is 0 Å². The lowest BCUT2D eigenvalue weighted by atomic mass is 10.2. The zero-order valence-corrected chi connectivity index (χ0v) is 10.4. The third-order valence-corrected chi connectivity index (χ3v) is 3.65. The minimum Gasteiger partial charge on any atom is -0.462 e. The van der Waals surface area contributed by atoms with Gasteiger partial charge in [-0.3, -0.25) is 0 Å². The molecule has 80 valence electrons. The molecular formula is C12H13ClOS. The van der Waals surface area contributed by atoms with Crippen molar-refractivity contribution >= 4 is 34.3 Å². The highest BCUT2D eigenvalue weighted by Gasteiger charge is 2.08. The predicted molar refractivity (Wildman–Crippen MR) is 67.7 cm³/mol. The summed E-state index contributed by atoms with van der Waals surface area (Å²) >= 11 is 7.94. The minimum atomic E-state index is 0.633. The van der Waals surface area contributed by atoms with Gasteiger partial charge in [-0.2, -0.15) is 11.8 Å². The Hall–Kier alpha value is -0.600. The van der Waals surface area contributed by atoms with E-state index in [4.69, 9.17) is 16.0 Å². The second-order valence-electron chi connectivity index (χ2n) is 3.74. The van der Waals surface area contributed by atoms with Gasteiger partial charge in [0.1, 0.15) is 0 Å². The molecule has 15 heavy (non-hydrogen) atoms. The van der Waals surface area contributed by atoms with Crippen molar-refractivity contribution in [2.24, 2.45) is 0 Å². The molecule has 0 unspecified atom stereocenters. The van der Waals surface area contributed by atoms with Crippen LogP contribution in [-0.2, 0) is 5.75 Å². The van der Waals surface area contributed by atoms with Gasteiger partial charge in [-0.15, -0.1) is 0 Å². The lowest BCUT2D eigenvalue weighted by molar-refractivity contribution is 0.613. The summed E-state index contributed by atoms with van der Waals surface area (Å²) in [6, 6.07) is 5.87. The van der Waals surface area contributed by atoms with Crippen molar-refractivity contribution < 1.29 is 4.42 Å². The Balaban J connectivity index is 2.33. The fourth-order valence-electron chi connectivity index (χ4n) is 1.44. The predicted octanol–water partition coefficient (Wildman–Crippen LogP) is 4.73. The van der Waals surface area contributed by atoms with Crippen molar-refractivity contribution in [2.45, 2.75) is 24.9 Å². The first kappa shape index (κ1) is 10.9. The van der Waals surface area contributed by atoms with E-state index in [1.54, 1.807) is 0 Å². The SMILES string of the molecule is CC(C)SCc1coc2c(Cl)cccc12. The number of hydrogen-bond donors (Lipinski definition) is 0. The average molecular weight is 241 g/mol. The maximum absolute atomic E-state index is 6.03. The topological polar surface area (TPSA) is 13.1 Å². The zero-order chi connectivity index (χ0) is 10.8. The number of rotatable bonds is 3. The summed E-state index contributed by atoms with van der Waals surface area (Å²) in [5.41, 5.74) is 2.03. The maximum Gasteiger partial charge on any atom is 0.152 e. The molecule has 2 rings (SSSR count). The summed E-state index contributed by atoms with van der Waals surface area (Å²) in [6.07, 6.45) is 1.81. The zero-order valence-electron chi connectivity index (χ0n) is 8.79. The van der Waals surface area contributed by atoms with Crippen LogP contribution >= 0.6 is 23.4 Å². The van der Waals surface area contributed by atoms with Crippen molar-refractivity contribution in [3.63, 3.8) is 0 Å². The van der Waals surface area contributed by atoms with Crippen LogP contribution in [0.3, 0.4) is 0 Å². The second-order valence-corrected chi connectivity index (χ2v) is 5.71. The Kier molecular flexibility index (Phi) is 3.27. The fourth-order valence-corrected chi connectivity index (χ4v) is 2.40. The Morgan fingerprint density at radius 2 is 2.20 bits per heavy atom. The highest BCUT2D eigenvalue weighted by atomic mass is 35.5. The molecule has 0 aliphatic rings. The van der Waals surface area contributed by atoms with Crippen LogP contribution in [-0.4, -0.2) is 5.25 Å². The Bertz CT molecular complexity index is 462. The van der Waals surface area contributed by atoms with Gasteiger partial charge in [-0.25, -0.2) is 0 Å². The Labute approximate surface area is 98.8 Å². The Morgan fingerprint density at radius 1 is 1.40 bits per heavy atom. The van der Waals surface area contributed by atoms with Gasteiger partial charge in [-0.05, 0) is 11.3 Å². The normalized spacial score (nSPS) is 11.5. The molecule has 2 aromatic rings. The van der Waals surface area contributed by atoms with E-state index in [0.717, 1.165) is 16.7 Å². The van der Waals surface area contributed by atoms with Crippen molar-refractivity contribution in [1.82, 2.24) is 0 Å². The molecule has 3 heteroatoms. The highest BCUT2D eigenvalue weighted by molar-refractivity contribution is 7.99. The third-order valence-electron chi connectivity index (χ3n) is 2.20. The molecule has 0 radical (unpaired) electrons. The molecule has 0 saturated carbocycles. The van der Waals surface area contributed by atoms with E-state index in [0.29, 0.717) is 10.3 Å². The van der Waals surface area contributed by atoms with E-state index >= 15 is 0 Å². The van der Waals surface area contributed by atoms with Gasteiger partial charge in [0.15, 0.2) is 5.58 Å². The summed E-state index contributed by atoms with van der Waals surface area (Å²) in [5, 5.41) is 2.46. The number of fused-ring (bicyclic) bond motifs is 1. The van der Waals surface area contributed by atoms with Crippen LogP contribution in [0.4, 0.5) is 0 Å². The molecule has 0 aliphatic heterocycles. The van der Waals surface area contributed by atoms with Crippen molar-refractivity contribution in [3.05, 3.63) is 35.0 Å². The second kappa shape index (κ2) is 4.50. The van der Waals surface area contributed by atoms with E-state index in [2.05, 4.69) is 19.9 Å². The molecule has 1 aromatic heterocycles. The summed E-state index contributed by atoms with van der Waals surface area (Å²) in [6.45, 7) is 4.39. The van der Waals surface area contributed by atoms with Crippen LogP contribution in [0.1, 0.15) is 19.4 Å². The maximum atomic E-state index is 6.03. The molecular weight excluding hydrogens is 228 g/mol. The summed E-state index contributed by atoms with van der Waals surface area (Å²) in [7, 11) is 0. The van der Waals surface area contributed by atoms with Crippen LogP contribution < -0.4 is 0 Å². The molecule has 0 amide bonds. The van der Waals surface area contributed by atoms with E-state index < -0.39 is 0 Å². The standard InChI is InChI=1S/C12H13ClOS/c1-8(2)15-7-9-6-14-12-10(9)4-3-5-11(12)13/h3-6,8H,7H2,1-2H3. The van der Waals surface area contributed by atoms with Gasteiger partial charge in [0.05, 0.1) is 11.3 Å². The van der Waals surface area contributed by atoms with E-state index in [1.807, 2.05) is 30.2 Å². The van der Waals surface area contributed by atoms with E-state index in [-0.39, 0.29) is 0 Å². The largest absolute Gasteiger partial charge is 0.462 e. The number of halogens is 1. The quantitative estimate of drug-likeness (QED) is 0.770. The van der Waals surface area contributed by atoms with Gasteiger partial charge < -0.3 is 4.42 Å². The van der Waals surface area contributed by atoms with Crippen LogP contribution in [0, 0.1) is 0 Å². The average Bonchev–Trinajstić information content (AvgIpc) is 2.59. The van der Waals surface area contributed by atoms with Crippen molar-refractivity contribution in [1.29, 1.82) is 0 Å². The smallest absolute Gasteiger partial charge is 0.152 e. The first-order valence-electron chi connectivity index (χ1n) is 4.94. The lowest BCUT2D eigenvalue weighted by Gasteiger charge is -2.02. The molecule has 0 aliphatic carbocycles. The monoisotopic (exact) mass is 240 g/mol. The summed E-state index contributed by atoms with van der Waals surface area (Å²) < 4.78 is 5.47. The lowest BCUT2D eigenvalue weighted by Crippen LogP contribution is -1.87. The first-order chi connectivity index (χ1) is 7.18. The van der Waals surface area contributed by atoms with Gasteiger partial charge in [0.25, 0.3) is 0 Å². The van der Waals surface area contributed by atoms with E-state index in [1.165, 1.54) is 5.56 Å². The molecule has 0 fully saturated rings. The number of thioether (sulfide) groups is 1. The van der Waals surface area contributed by atoms with Gasteiger partial charge in [-0.1, -0.05) is 37.6 Å². The van der Waals surface area contributed by atoms with Crippen LogP contribution in [0.2, 0.25) is 5.02 Å². The van der Waals surface area contributed by atoms with E-state index in [9.17, 15) is 0 Å². The van der Waals surface area contributed by atoms with Crippen LogP contribution in [0.25, 0.3) is 11.0 Å². The molecule has 0 atom stereocenters. The number of para-hydroxylation sites is 1. The fraction of sp³-hybridized carbons (Fsp3) is 0.333. The van der Waals surface area contributed by atoms with Gasteiger partial charge >= 0.3 is 0 Å². The van der Waals surface area contributed by atoms with Crippen LogP contribution in [0.5, 0.6) is 0 Å². The molecule has 1 aromatic carbocycles. The van der Waals surface area contributed by atoms with Gasteiger partial charge in [0.2, 0.25) is 0 Å². The molecule has 1 nitrogen and oxygen atoms in total. The molecule has 0 spiro atoms. The number of hydrogen-bond acceptors (Lipinski definition) is 2. The number of furan rings is 1. The highest BCUT2D eigenvalue weighted by Crippen LogP contribution is 2.30. The van der Waals surface area contributed by atoms with Crippen LogP contribution in [0.15, 0.2) is 28.9 Å². The van der Waals surface area contributed by atoms with Crippen molar-refractivity contribution in [3.8, 4) is 0 Å². The molecule has 1 heterocycles. The number of benzene rings is 1. The Morgan fingerprint density at radius 3 is 2.93 bits per heavy atom. The molecule has 0 N–H and O–H groups in total. The first-order valence-corrected chi connectivity index (χ1v) is 6.37.